The van der Waals surface area contributed by atoms with Crippen molar-refractivity contribution in [1.29, 1.82) is 0 Å². The van der Waals surface area contributed by atoms with E-state index < -0.39 is 29.4 Å². The quantitative estimate of drug-likeness (QED) is 0.859. The van der Waals surface area contributed by atoms with Gasteiger partial charge in [-0.3, -0.25) is 4.79 Å². The zero-order valence-electron chi connectivity index (χ0n) is 10.6. The molecule has 1 atom stereocenters. The van der Waals surface area contributed by atoms with E-state index in [2.05, 4.69) is 0 Å². The third-order valence-corrected chi connectivity index (χ3v) is 2.60. The number of alkyl halides is 3. The van der Waals surface area contributed by atoms with Crippen LogP contribution >= 0.6 is 0 Å². The number of rotatable bonds is 4. The van der Waals surface area contributed by atoms with Crippen molar-refractivity contribution < 1.29 is 27.8 Å². The van der Waals surface area contributed by atoms with Gasteiger partial charge in [-0.25, -0.2) is 0 Å². The van der Waals surface area contributed by atoms with E-state index in [-0.39, 0.29) is 13.0 Å². The maximum absolute atomic E-state index is 12.6. The number of hydrogen-bond acceptors (Lipinski definition) is 3. The van der Waals surface area contributed by atoms with Crippen LogP contribution in [-0.2, 0) is 22.1 Å². The van der Waals surface area contributed by atoms with Crippen molar-refractivity contribution in [2.45, 2.75) is 26.4 Å². The molecule has 0 amide bonds. The third-order valence-electron chi connectivity index (χ3n) is 2.60. The van der Waals surface area contributed by atoms with Crippen molar-refractivity contribution >= 4 is 5.97 Å². The minimum Gasteiger partial charge on any atom is -0.507 e. The fourth-order valence-electron chi connectivity index (χ4n) is 1.66. The molecule has 0 aromatic heterocycles. The average Bonchev–Trinajstić information content (AvgIpc) is 2.30. The van der Waals surface area contributed by atoms with Gasteiger partial charge >= 0.3 is 12.1 Å². The normalized spacial score (nSPS) is 13.1. The molecule has 0 saturated heterocycles. The fourth-order valence-corrected chi connectivity index (χ4v) is 1.66. The van der Waals surface area contributed by atoms with Crippen molar-refractivity contribution in [3.8, 4) is 5.75 Å². The molecule has 0 aliphatic rings. The van der Waals surface area contributed by atoms with Gasteiger partial charge in [-0.15, -0.1) is 0 Å². The summed E-state index contributed by atoms with van der Waals surface area (Å²) in [5.74, 6) is -1.81. The van der Waals surface area contributed by atoms with E-state index in [9.17, 15) is 23.1 Å². The van der Waals surface area contributed by atoms with E-state index in [1.165, 1.54) is 6.07 Å². The zero-order valence-corrected chi connectivity index (χ0v) is 10.6. The first-order chi connectivity index (χ1) is 8.75. The molecule has 0 aliphatic heterocycles. The summed E-state index contributed by atoms with van der Waals surface area (Å²) in [5, 5.41) is 9.19. The maximum atomic E-state index is 12.6. The van der Waals surface area contributed by atoms with Crippen molar-refractivity contribution in [3.05, 3.63) is 29.3 Å². The van der Waals surface area contributed by atoms with Gasteiger partial charge in [0.05, 0.1) is 18.1 Å². The standard InChI is InChI=1S/C13H15F3O3/c1-3-19-12(18)8(2)6-9-4-5-11(17)10(7-9)13(14,15)16/h4-5,7-8,17H,3,6H2,1-2H3. The van der Waals surface area contributed by atoms with Gasteiger partial charge in [0.15, 0.2) is 0 Å². The second kappa shape index (κ2) is 5.95. The van der Waals surface area contributed by atoms with Crippen LogP contribution in [0.5, 0.6) is 5.75 Å². The van der Waals surface area contributed by atoms with Crippen LogP contribution < -0.4 is 0 Å². The minimum absolute atomic E-state index is 0.127. The van der Waals surface area contributed by atoms with Crippen LogP contribution in [0.4, 0.5) is 13.2 Å². The van der Waals surface area contributed by atoms with E-state index >= 15 is 0 Å². The number of ether oxygens (including phenoxy) is 1. The molecule has 0 bridgehead atoms. The molecule has 6 heteroatoms. The number of phenols is 1. The van der Waals surface area contributed by atoms with Crippen molar-refractivity contribution in [2.24, 2.45) is 5.92 Å². The number of hydrogen-bond donors (Lipinski definition) is 1. The second-order valence-electron chi connectivity index (χ2n) is 4.21. The van der Waals surface area contributed by atoms with Crippen molar-refractivity contribution in [1.82, 2.24) is 0 Å². The molecule has 3 nitrogen and oxygen atoms in total. The molecule has 1 unspecified atom stereocenters. The Morgan fingerprint density at radius 3 is 2.58 bits per heavy atom. The summed E-state index contributed by atoms with van der Waals surface area (Å²) in [7, 11) is 0. The molecule has 0 aliphatic carbocycles. The average molecular weight is 276 g/mol. The molecule has 1 N–H and O–H groups in total. The summed E-state index contributed by atoms with van der Waals surface area (Å²) in [4.78, 5) is 11.4. The number of benzene rings is 1. The first kappa shape index (κ1) is 15.3. The molecule has 0 heterocycles. The molecule has 0 fully saturated rings. The van der Waals surface area contributed by atoms with Crippen LogP contribution in [0.15, 0.2) is 18.2 Å². The van der Waals surface area contributed by atoms with Gasteiger partial charge in [-0.2, -0.15) is 13.2 Å². The summed E-state index contributed by atoms with van der Waals surface area (Å²) >= 11 is 0. The Hall–Kier alpha value is -1.72. The summed E-state index contributed by atoms with van der Waals surface area (Å²) in [5.41, 5.74) is -0.772. The maximum Gasteiger partial charge on any atom is 0.419 e. The van der Waals surface area contributed by atoms with Crippen molar-refractivity contribution in [3.63, 3.8) is 0 Å². The molecule has 106 valence electrons. The number of aromatic hydroxyl groups is 1. The molecule has 0 saturated carbocycles. The number of esters is 1. The molecule has 0 spiro atoms. The first-order valence-corrected chi connectivity index (χ1v) is 5.81. The smallest absolute Gasteiger partial charge is 0.419 e. The predicted molar refractivity (Wildman–Crippen MR) is 62.6 cm³/mol. The summed E-state index contributed by atoms with van der Waals surface area (Å²) in [6.07, 6.45) is -4.49. The predicted octanol–water partition coefficient (Wildman–Crippen LogP) is 3.15. The number of carbonyl (C=O) groups is 1. The van der Waals surface area contributed by atoms with Crippen molar-refractivity contribution in [2.75, 3.05) is 6.61 Å². The van der Waals surface area contributed by atoms with Gasteiger partial charge < -0.3 is 9.84 Å². The van der Waals surface area contributed by atoms with Gasteiger partial charge in [-0.05, 0) is 31.0 Å². The molecule has 1 aromatic rings. The third kappa shape index (κ3) is 4.15. The Morgan fingerprint density at radius 1 is 1.42 bits per heavy atom. The molecule has 1 rings (SSSR count). The minimum atomic E-state index is -4.62. The lowest BCUT2D eigenvalue weighted by atomic mass is 9.99. The summed E-state index contributed by atoms with van der Waals surface area (Å²) in [6.45, 7) is 3.47. The largest absolute Gasteiger partial charge is 0.507 e. The fraction of sp³-hybridized carbons (Fsp3) is 0.462. The Labute approximate surface area is 109 Å². The second-order valence-corrected chi connectivity index (χ2v) is 4.21. The van der Waals surface area contributed by atoms with Crippen LogP contribution in [0.1, 0.15) is 25.0 Å². The van der Waals surface area contributed by atoms with E-state index in [0.29, 0.717) is 5.56 Å². The molecular weight excluding hydrogens is 261 g/mol. The van der Waals surface area contributed by atoms with Gasteiger partial charge in [0, 0.05) is 0 Å². The van der Waals surface area contributed by atoms with E-state index in [0.717, 1.165) is 12.1 Å². The lowest BCUT2D eigenvalue weighted by molar-refractivity contribution is -0.147. The van der Waals surface area contributed by atoms with Crippen LogP contribution in [0.3, 0.4) is 0 Å². The first-order valence-electron chi connectivity index (χ1n) is 5.81. The summed E-state index contributed by atoms with van der Waals surface area (Å²) in [6, 6.07) is 3.20. The molecule has 1 aromatic carbocycles. The van der Waals surface area contributed by atoms with Gasteiger partial charge in [-0.1, -0.05) is 13.0 Å². The highest BCUT2D eigenvalue weighted by Crippen LogP contribution is 2.36. The summed E-state index contributed by atoms with van der Waals surface area (Å²) < 4.78 is 42.6. The van der Waals surface area contributed by atoms with Gasteiger partial charge in [0.2, 0.25) is 0 Å². The lowest BCUT2D eigenvalue weighted by Crippen LogP contribution is -2.17. The Kier molecular flexibility index (Phi) is 4.80. The van der Waals surface area contributed by atoms with Gasteiger partial charge in [0.1, 0.15) is 5.75 Å². The van der Waals surface area contributed by atoms with E-state index in [1.54, 1.807) is 13.8 Å². The van der Waals surface area contributed by atoms with Crippen LogP contribution in [-0.4, -0.2) is 17.7 Å². The van der Waals surface area contributed by atoms with Crippen LogP contribution in [0.25, 0.3) is 0 Å². The highest BCUT2D eigenvalue weighted by Gasteiger charge is 2.34. The van der Waals surface area contributed by atoms with E-state index in [4.69, 9.17) is 4.74 Å². The number of carbonyl (C=O) groups excluding carboxylic acids is 1. The molecule has 0 radical (unpaired) electrons. The monoisotopic (exact) mass is 276 g/mol. The Bertz CT molecular complexity index is 455. The molecule has 19 heavy (non-hydrogen) atoms. The van der Waals surface area contributed by atoms with Gasteiger partial charge in [0.25, 0.3) is 0 Å². The highest BCUT2D eigenvalue weighted by atomic mass is 19.4. The number of halogens is 3. The molecular formula is C13H15F3O3. The van der Waals surface area contributed by atoms with Crippen LogP contribution in [0, 0.1) is 5.92 Å². The topological polar surface area (TPSA) is 46.5 Å². The number of phenolic OH excluding ortho intramolecular Hbond substituents is 1. The zero-order chi connectivity index (χ0) is 14.6. The Morgan fingerprint density at radius 2 is 2.05 bits per heavy atom. The SMILES string of the molecule is CCOC(=O)C(C)Cc1ccc(O)c(C(F)(F)F)c1. The Balaban J connectivity index is 2.89. The lowest BCUT2D eigenvalue weighted by Gasteiger charge is -2.13. The highest BCUT2D eigenvalue weighted by molar-refractivity contribution is 5.72. The van der Waals surface area contributed by atoms with Crippen LogP contribution in [0.2, 0.25) is 0 Å². The van der Waals surface area contributed by atoms with E-state index in [1.807, 2.05) is 0 Å².